The van der Waals surface area contributed by atoms with Crippen LogP contribution in [-0.4, -0.2) is 5.11 Å². The Morgan fingerprint density at radius 1 is 1.30 bits per heavy atom. The van der Waals surface area contributed by atoms with Gasteiger partial charge in [0, 0.05) is 5.28 Å². The molecule has 0 aliphatic carbocycles. The van der Waals surface area contributed by atoms with Crippen molar-refractivity contribution >= 4 is 0 Å². The highest BCUT2D eigenvalue weighted by Gasteiger charge is 1.90. The summed E-state index contributed by atoms with van der Waals surface area (Å²) in [6.45, 7) is 0. The summed E-state index contributed by atoms with van der Waals surface area (Å²) < 4.78 is 0. The van der Waals surface area contributed by atoms with Crippen molar-refractivity contribution in [1.29, 1.82) is 5.53 Å². The van der Waals surface area contributed by atoms with Crippen molar-refractivity contribution in [3.63, 3.8) is 0 Å². The van der Waals surface area contributed by atoms with E-state index in [9.17, 15) is 0 Å². The Hall–Kier alpha value is -1.58. The summed E-state index contributed by atoms with van der Waals surface area (Å²) >= 11 is 0. The first-order valence-corrected chi connectivity index (χ1v) is 2.66. The Morgan fingerprint density at radius 3 is 2.40 bits per heavy atom. The molecule has 0 aliphatic rings. The highest BCUT2D eigenvalue weighted by atomic mass is 16.6. The lowest BCUT2D eigenvalue weighted by atomic mass is 10.3. The maximum atomic E-state index is 8.79. The molecule has 0 heterocycles. The molecule has 0 saturated carbocycles. The third-order valence-electron chi connectivity index (χ3n) is 0.988. The zero-order chi connectivity index (χ0) is 7.40. The number of rotatable bonds is 2. The summed E-state index contributed by atoms with van der Waals surface area (Å²) in [5, 5.41) is 11.5. The van der Waals surface area contributed by atoms with Gasteiger partial charge in [-0.1, -0.05) is 0 Å². The summed E-state index contributed by atoms with van der Waals surface area (Å²) in [7, 11) is 0. The van der Waals surface area contributed by atoms with E-state index < -0.39 is 0 Å². The largest absolute Gasteiger partial charge is 0.508 e. The Kier molecular flexibility index (Phi) is 1.84. The Labute approximate surface area is 57.5 Å². The SMILES string of the molecule is N=NOc1ccc(O)cc1. The summed E-state index contributed by atoms with van der Waals surface area (Å²) in [4.78, 5) is 4.44. The van der Waals surface area contributed by atoms with Crippen LogP contribution in [0.3, 0.4) is 0 Å². The van der Waals surface area contributed by atoms with Gasteiger partial charge in [-0.05, 0) is 24.3 Å². The number of hydrogen-bond acceptors (Lipinski definition) is 4. The van der Waals surface area contributed by atoms with Crippen molar-refractivity contribution in [2.45, 2.75) is 0 Å². The van der Waals surface area contributed by atoms with Gasteiger partial charge in [0.2, 0.25) is 0 Å². The number of phenols is 1. The molecule has 0 unspecified atom stereocenters. The molecule has 0 fully saturated rings. The van der Waals surface area contributed by atoms with Crippen molar-refractivity contribution in [2.75, 3.05) is 0 Å². The van der Waals surface area contributed by atoms with Crippen molar-refractivity contribution in [1.82, 2.24) is 0 Å². The molecule has 0 aliphatic heterocycles. The summed E-state index contributed by atoms with van der Waals surface area (Å²) in [5.74, 6) is 0.602. The molecular weight excluding hydrogens is 132 g/mol. The molecule has 10 heavy (non-hydrogen) atoms. The van der Waals surface area contributed by atoms with Crippen molar-refractivity contribution in [3.05, 3.63) is 24.3 Å². The van der Waals surface area contributed by atoms with Gasteiger partial charge in [0.25, 0.3) is 0 Å². The van der Waals surface area contributed by atoms with Crippen LogP contribution in [0.4, 0.5) is 0 Å². The van der Waals surface area contributed by atoms with Gasteiger partial charge >= 0.3 is 0 Å². The summed E-state index contributed by atoms with van der Waals surface area (Å²) in [6, 6.07) is 5.96. The second-order valence-corrected chi connectivity index (χ2v) is 1.68. The highest BCUT2D eigenvalue weighted by Crippen LogP contribution is 2.15. The Morgan fingerprint density at radius 2 is 1.90 bits per heavy atom. The zero-order valence-corrected chi connectivity index (χ0v) is 5.11. The average molecular weight is 138 g/mol. The molecule has 0 spiro atoms. The standard InChI is InChI=1S/C6H6N2O2/c7-8-10-6-3-1-5(9)2-4-6/h1-4,7,9H. The molecule has 0 bridgehead atoms. The Bertz CT molecular complexity index is 220. The number of aromatic hydroxyl groups is 1. The minimum atomic E-state index is 0.164. The van der Waals surface area contributed by atoms with Gasteiger partial charge < -0.3 is 9.94 Å². The van der Waals surface area contributed by atoms with Crippen molar-refractivity contribution in [3.8, 4) is 11.5 Å². The predicted octanol–water partition coefficient (Wildman–Crippen LogP) is 1.72. The monoisotopic (exact) mass is 138 g/mol. The molecule has 1 aromatic carbocycles. The normalized spacial score (nSPS) is 8.80. The molecule has 4 nitrogen and oxygen atoms in total. The lowest BCUT2D eigenvalue weighted by molar-refractivity contribution is 0.298. The molecule has 2 N–H and O–H groups in total. The fourth-order valence-corrected chi connectivity index (χ4v) is 0.560. The van der Waals surface area contributed by atoms with Gasteiger partial charge in [0.15, 0.2) is 5.75 Å². The van der Waals surface area contributed by atoms with Gasteiger partial charge in [0.1, 0.15) is 5.75 Å². The number of nitrogens with one attached hydrogen (secondary N) is 1. The van der Waals surface area contributed by atoms with E-state index in [-0.39, 0.29) is 5.75 Å². The van der Waals surface area contributed by atoms with Crippen LogP contribution in [0.1, 0.15) is 0 Å². The van der Waals surface area contributed by atoms with Crippen LogP contribution in [0, 0.1) is 5.53 Å². The van der Waals surface area contributed by atoms with Crippen molar-refractivity contribution < 1.29 is 9.94 Å². The van der Waals surface area contributed by atoms with Crippen LogP contribution in [0.25, 0.3) is 0 Å². The van der Waals surface area contributed by atoms with Crippen LogP contribution in [0.5, 0.6) is 11.5 Å². The number of benzene rings is 1. The molecule has 52 valence electrons. The van der Waals surface area contributed by atoms with Crippen molar-refractivity contribution in [2.24, 2.45) is 5.28 Å². The number of phenolic OH excluding ortho intramolecular Hbond substituents is 1. The third-order valence-corrected chi connectivity index (χ3v) is 0.988. The minimum Gasteiger partial charge on any atom is -0.508 e. The molecule has 1 aromatic rings. The first-order chi connectivity index (χ1) is 4.83. The predicted molar refractivity (Wildman–Crippen MR) is 33.9 cm³/mol. The topological polar surface area (TPSA) is 65.7 Å². The average Bonchev–Trinajstić information content (AvgIpc) is 1.95. The molecule has 0 atom stereocenters. The first-order valence-electron chi connectivity index (χ1n) is 2.66. The van der Waals surface area contributed by atoms with Crippen LogP contribution in [-0.2, 0) is 0 Å². The van der Waals surface area contributed by atoms with Crippen LogP contribution in [0.15, 0.2) is 29.5 Å². The second-order valence-electron chi connectivity index (χ2n) is 1.68. The number of hydrogen-bond donors (Lipinski definition) is 2. The van der Waals surface area contributed by atoms with E-state index in [2.05, 4.69) is 10.1 Å². The second kappa shape index (κ2) is 2.82. The molecule has 0 radical (unpaired) electrons. The van der Waals surface area contributed by atoms with Crippen LogP contribution >= 0.6 is 0 Å². The molecular formula is C6H6N2O2. The minimum absolute atomic E-state index is 0.164. The third kappa shape index (κ3) is 1.45. The summed E-state index contributed by atoms with van der Waals surface area (Å²) in [6.07, 6.45) is 0. The maximum Gasteiger partial charge on any atom is 0.160 e. The molecule has 1 rings (SSSR count). The number of nitrogens with zero attached hydrogens (tertiary/aromatic N) is 1. The van der Waals surface area contributed by atoms with E-state index in [0.29, 0.717) is 5.75 Å². The van der Waals surface area contributed by atoms with E-state index in [4.69, 9.17) is 10.6 Å². The molecule has 0 aromatic heterocycles. The van der Waals surface area contributed by atoms with E-state index in [1.807, 2.05) is 0 Å². The van der Waals surface area contributed by atoms with E-state index in [0.717, 1.165) is 0 Å². The zero-order valence-electron chi connectivity index (χ0n) is 5.11. The maximum absolute atomic E-state index is 8.79. The van der Waals surface area contributed by atoms with E-state index in [1.165, 1.54) is 24.3 Å². The van der Waals surface area contributed by atoms with E-state index >= 15 is 0 Å². The Balaban J connectivity index is 2.78. The lowest BCUT2D eigenvalue weighted by Gasteiger charge is -1.94. The van der Waals surface area contributed by atoms with Crippen LogP contribution in [0.2, 0.25) is 0 Å². The quantitative estimate of drug-likeness (QED) is 0.482. The fourth-order valence-electron chi connectivity index (χ4n) is 0.560. The van der Waals surface area contributed by atoms with E-state index in [1.54, 1.807) is 0 Å². The van der Waals surface area contributed by atoms with Gasteiger partial charge in [-0.25, -0.2) is 0 Å². The molecule has 0 amide bonds. The molecule has 4 heteroatoms. The van der Waals surface area contributed by atoms with Gasteiger partial charge in [-0.3, -0.25) is 0 Å². The van der Waals surface area contributed by atoms with Gasteiger partial charge in [-0.15, -0.1) is 0 Å². The van der Waals surface area contributed by atoms with Gasteiger partial charge in [-0.2, -0.15) is 5.53 Å². The first kappa shape index (κ1) is 6.54. The summed E-state index contributed by atoms with van der Waals surface area (Å²) in [5.41, 5.74) is 6.33. The highest BCUT2D eigenvalue weighted by molar-refractivity contribution is 5.29. The lowest BCUT2D eigenvalue weighted by Crippen LogP contribution is -1.77. The smallest absolute Gasteiger partial charge is 0.160 e. The van der Waals surface area contributed by atoms with Crippen LogP contribution < -0.4 is 4.84 Å². The van der Waals surface area contributed by atoms with Gasteiger partial charge in [0.05, 0.1) is 0 Å². The molecule has 0 saturated heterocycles. The fraction of sp³-hybridized carbons (Fsp3) is 0.